The Labute approximate surface area is 142 Å². The standard InChI is InChI=1S/C19H22N2O3/c1-14-4-2-5-15(10-14)16-6-3-7-17(11-16)21-19(22)20-12-18-13-23-8-9-24-18/h2-7,10-11,18H,8-9,12-13H2,1H3,(H2,20,21,22). The third-order valence-electron chi connectivity index (χ3n) is 3.85. The molecule has 0 aliphatic carbocycles. The predicted molar refractivity (Wildman–Crippen MR) is 94.2 cm³/mol. The van der Waals surface area contributed by atoms with Gasteiger partial charge in [0.05, 0.1) is 25.9 Å². The van der Waals surface area contributed by atoms with Gasteiger partial charge in [-0.25, -0.2) is 4.79 Å². The fourth-order valence-electron chi connectivity index (χ4n) is 2.64. The van der Waals surface area contributed by atoms with Gasteiger partial charge in [0.15, 0.2) is 0 Å². The molecule has 1 unspecified atom stereocenters. The highest BCUT2D eigenvalue weighted by atomic mass is 16.6. The summed E-state index contributed by atoms with van der Waals surface area (Å²) in [5.74, 6) is 0. The molecule has 0 aromatic heterocycles. The minimum Gasteiger partial charge on any atom is -0.376 e. The monoisotopic (exact) mass is 326 g/mol. The highest BCUT2D eigenvalue weighted by Crippen LogP contribution is 2.23. The fraction of sp³-hybridized carbons (Fsp3) is 0.316. The molecular formula is C19H22N2O3. The van der Waals surface area contributed by atoms with E-state index in [1.807, 2.05) is 30.3 Å². The van der Waals surface area contributed by atoms with Gasteiger partial charge in [0.1, 0.15) is 0 Å². The highest BCUT2D eigenvalue weighted by molar-refractivity contribution is 5.90. The van der Waals surface area contributed by atoms with Gasteiger partial charge < -0.3 is 20.1 Å². The summed E-state index contributed by atoms with van der Waals surface area (Å²) in [5, 5.41) is 5.67. The van der Waals surface area contributed by atoms with Gasteiger partial charge in [-0.2, -0.15) is 0 Å². The summed E-state index contributed by atoms with van der Waals surface area (Å²) in [6.07, 6.45) is -0.0804. The summed E-state index contributed by atoms with van der Waals surface area (Å²) in [6, 6.07) is 15.8. The molecule has 1 atom stereocenters. The van der Waals surface area contributed by atoms with Crippen molar-refractivity contribution in [3.05, 3.63) is 54.1 Å². The Morgan fingerprint density at radius 2 is 1.92 bits per heavy atom. The molecule has 1 aliphatic heterocycles. The zero-order chi connectivity index (χ0) is 16.8. The summed E-state index contributed by atoms with van der Waals surface area (Å²) < 4.78 is 10.8. The second kappa shape index (κ2) is 7.95. The minimum absolute atomic E-state index is 0.0804. The fourth-order valence-corrected chi connectivity index (χ4v) is 2.64. The molecule has 0 bridgehead atoms. The van der Waals surface area contributed by atoms with Gasteiger partial charge in [0.25, 0.3) is 0 Å². The number of urea groups is 1. The summed E-state index contributed by atoms with van der Waals surface area (Å²) in [7, 11) is 0. The second-order valence-corrected chi connectivity index (χ2v) is 5.85. The lowest BCUT2D eigenvalue weighted by Crippen LogP contribution is -2.41. The Morgan fingerprint density at radius 1 is 1.12 bits per heavy atom. The van der Waals surface area contributed by atoms with Crippen LogP contribution in [0.5, 0.6) is 0 Å². The molecule has 2 amide bonds. The molecule has 2 aromatic rings. The normalized spacial score (nSPS) is 17.3. The van der Waals surface area contributed by atoms with Crippen LogP contribution < -0.4 is 10.6 Å². The molecule has 126 valence electrons. The summed E-state index contributed by atoms with van der Waals surface area (Å²) in [5.41, 5.74) is 4.16. The molecule has 5 heteroatoms. The largest absolute Gasteiger partial charge is 0.376 e. The zero-order valence-corrected chi connectivity index (χ0v) is 13.7. The van der Waals surface area contributed by atoms with Crippen LogP contribution in [0.3, 0.4) is 0 Å². The van der Waals surface area contributed by atoms with Crippen molar-refractivity contribution in [2.75, 3.05) is 31.7 Å². The molecule has 1 saturated heterocycles. The van der Waals surface area contributed by atoms with Gasteiger partial charge in [-0.3, -0.25) is 0 Å². The number of aryl methyl sites for hydroxylation is 1. The molecule has 0 spiro atoms. The second-order valence-electron chi connectivity index (χ2n) is 5.85. The number of amides is 2. The highest BCUT2D eigenvalue weighted by Gasteiger charge is 2.15. The Kier molecular flexibility index (Phi) is 5.46. The van der Waals surface area contributed by atoms with Crippen LogP contribution in [0, 0.1) is 6.92 Å². The van der Waals surface area contributed by atoms with Crippen LogP contribution >= 0.6 is 0 Å². The van der Waals surface area contributed by atoms with E-state index in [1.54, 1.807) is 0 Å². The van der Waals surface area contributed by atoms with Crippen LogP contribution in [0.2, 0.25) is 0 Å². The molecule has 2 aromatic carbocycles. The smallest absolute Gasteiger partial charge is 0.319 e. The third-order valence-corrected chi connectivity index (χ3v) is 3.85. The third kappa shape index (κ3) is 4.57. The molecule has 0 saturated carbocycles. The number of ether oxygens (including phenoxy) is 2. The molecule has 24 heavy (non-hydrogen) atoms. The number of carbonyl (C=O) groups is 1. The van der Waals surface area contributed by atoms with Gasteiger partial charge in [-0.05, 0) is 30.2 Å². The first kappa shape index (κ1) is 16.5. The van der Waals surface area contributed by atoms with Crippen molar-refractivity contribution in [2.24, 2.45) is 0 Å². The number of benzene rings is 2. The van der Waals surface area contributed by atoms with E-state index in [9.17, 15) is 4.79 Å². The van der Waals surface area contributed by atoms with Gasteiger partial charge in [0, 0.05) is 12.2 Å². The lowest BCUT2D eigenvalue weighted by atomic mass is 10.0. The van der Waals surface area contributed by atoms with Crippen molar-refractivity contribution in [1.82, 2.24) is 5.32 Å². The van der Waals surface area contributed by atoms with Crippen molar-refractivity contribution < 1.29 is 14.3 Å². The van der Waals surface area contributed by atoms with Crippen molar-refractivity contribution in [1.29, 1.82) is 0 Å². The van der Waals surface area contributed by atoms with E-state index in [2.05, 4.69) is 35.8 Å². The Bertz CT molecular complexity index is 697. The molecule has 2 N–H and O–H groups in total. The first-order valence-corrected chi connectivity index (χ1v) is 8.12. The van der Waals surface area contributed by atoms with E-state index in [0.717, 1.165) is 16.8 Å². The number of hydrogen-bond donors (Lipinski definition) is 2. The number of anilines is 1. The first-order valence-electron chi connectivity index (χ1n) is 8.12. The summed E-state index contributed by atoms with van der Waals surface area (Å²) >= 11 is 0. The van der Waals surface area contributed by atoms with Crippen LogP contribution in [0.1, 0.15) is 5.56 Å². The zero-order valence-electron chi connectivity index (χ0n) is 13.7. The van der Waals surface area contributed by atoms with Gasteiger partial charge in [-0.1, -0.05) is 42.0 Å². The predicted octanol–water partition coefficient (Wildman–Crippen LogP) is 3.20. The quantitative estimate of drug-likeness (QED) is 0.907. The van der Waals surface area contributed by atoms with Crippen molar-refractivity contribution >= 4 is 11.7 Å². The number of hydrogen-bond acceptors (Lipinski definition) is 3. The van der Waals surface area contributed by atoms with E-state index >= 15 is 0 Å². The SMILES string of the molecule is Cc1cccc(-c2cccc(NC(=O)NCC3COCCO3)c2)c1. The molecule has 5 nitrogen and oxygen atoms in total. The molecular weight excluding hydrogens is 304 g/mol. The summed E-state index contributed by atoms with van der Waals surface area (Å²) in [4.78, 5) is 12.0. The Hall–Kier alpha value is -2.37. The first-order chi connectivity index (χ1) is 11.7. The van der Waals surface area contributed by atoms with Crippen LogP contribution in [0.4, 0.5) is 10.5 Å². The van der Waals surface area contributed by atoms with E-state index in [-0.39, 0.29) is 12.1 Å². The van der Waals surface area contributed by atoms with Gasteiger partial charge in [0.2, 0.25) is 0 Å². The molecule has 1 heterocycles. The number of rotatable bonds is 4. The summed E-state index contributed by atoms with van der Waals surface area (Å²) in [6.45, 7) is 4.21. The lowest BCUT2D eigenvalue weighted by Gasteiger charge is -2.23. The molecule has 3 rings (SSSR count). The number of nitrogens with one attached hydrogen (secondary N) is 2. The van der Waals surface area contributed by atoms with E-state index in [0.29, 0.717) is 26.4 Å². The molecule has 1 aliphatic rings. The Morgan fingerprint density at radius 3 is 2.67 bits per heavy atom. The number of carbonyl (C=O) groups excluding carboxylic acids is 1. The average molecular weight is 326 g/mol. The van der Waals surface area contributed by atoms with Crippen LogP contribution in [0.15, 0.2) is 48.5 Å². The molecule has 0 radical (unpaired) electrons. The molecule has 1 fully saturated rings. The Balaban J connectivity index is 1.58. The van der Waals surface area contributed by atoms with Crippen molar-refractivity contribution in [3.63, 3.8) is 0 Å². The van der Waals surface area contributed by atoms with Gasteiger partial charge >= 0.3 is 6.03 Å². The maximum atomic E-state index is 12.0. The van der Waals surface area contributed by atoms with E-state index in [1.165, 1.54) is 5.56 Å². The van der Waals surface area contributed by atoms with E-state index < -0.39 is 0 Å². The maximum Gasteiger partial charge on any atom is 0.319 e. The average Bonchev–Trinajstić information content (AvgIpc) is 2.61. The minimum atomic E-state index is -0.245. The lowest BCUT2D eigenvalue weighted by molar-refractivity contribution is -0.0852. The van der Waals surface area contributed by atoms with Crippen LogP contribution in [-0.2, 0) is 9.47 Å². The van der Waals surface area contributed by atoms with Crippen LogP contribution in [-0.4, -0.2) is 38.5 Å². The topological polar surface area (TPSA) is 59.6 Å². The van der Waals surface area contributed by atoms with Gasteiger partial charge in [-0.15, -0.1) is 0 Å². The van der Waals surface area contributed by atoms with Crippen LogP contribution in [0.25, 0.3) is 11.1 Å². The van der Waals surface area contributed by atoms with Crippen molar-refractivity contribution in [3.8, 4) is 11.1 Å². The van der Waals surface area contributed by atoms with E-state index in [4.69, 9.17) is 9.47 Å². The van der Waals surface area contributed by atoms with Crippen molar-refractivity contribution in [2.45, 2.75) is 13.0 Å². The maximum absolute atomic E-state index is 12.0.